The van der Waals surface area contributed by atoms with Gasteiger partial charge in [-0.15, -0.1) is 0 Å². The van der Waals surface area contributed by atoms with Crippen LogP contribution in [-0.4, -0.2) is 5.60 Å². The summed E-state index contributed by atoms with van der Waals surface area (Å²) in [6.07, 6.45) is 1.87. The number of rotatable bonds is 3. The van der Waals surface area contributed by atoms with Crippen molar-refractivity contribution in [2.75, 3.05) is 0 Å². The van der Waals surface area contributed by atoms with E-state index >= 15 is 0 Å². The van der Waals surface area contributed by atoms with Gasteiger partial charge in [-0.2, -0.15) is 0 Å². The first-order chi connectivity index (χ1) is 11.0. The molecular formula is C23H30O. The van der Waals surface area contributed by atoms with Gasteiger partial charge in [0.05, 0.1) is 0 Å². The maximum atomic E-state index is 6.09. The first-order valence-corrected chi connectivity index (χ1v) is 8.57. The van der Waals surface area contributed by atoms with E-state index in [-0.39, 0.29) is 11.0 Å². The number of hydrogen-bond donors (Lipinski definition) is 0. The number of hydrogen-bond acceptors (Lipinski definition) is 1. The first kappa shape index (κ1) is 18.3. The predicted octanol–water partition coefficient (Wildman–Crippen LogP) is 6.78. The van der Waals surface area contributed by atoms with Crippen molar-refractivity contribution in [2.45, 2.75) is 59.5 Å². The fourth-order valence-corrected chi connectivity index (χ4v) is 2.70. The molecule has 2 aromatic carbocycles. The van der Waals surface area contributed by atoms with Crippen LogP contribution in [0.4, 0.5) is 0 Å². The number of benzene rings is 2. The molecule has 0 aromatic heterocycles. The molecule has 0 radical (unpaired) electrons. The molecule has 0 saturated carbocycles. The molecule has 0 N–H and O–H groups in total. The average molecular weight is 322 g/mol. The standard InChI is InChI=1S/C23H30O/c1-9-17-12-19(15-21(13-17)24-23(6,7)8)18-10-16(2)11-20(14-18)22(3,4)5/h9-15H,1H2,2-8H3. The Morgan fingerprint density at radius 3 is 2.00 bits per heavy atom. The second-order valence-electron chi connectivity index (χ2n) is 8.55. The van der Waals surface area contributed by atoms with Gasteiger partial charge in [-0.05, 0) is 73.6 Å². The lowest BCUT2D eigenvalue weighted by Crippen LogP contribution is -2.23. The molecule has 0 bridgehead atoms. The van der Waals surface area contributed by atoms with E-state index in [4.69, 9.17) is 4.74 Å². The molecule has 0 fully saturated rings. The Hall–Kier alpha value is -2.02. The Morgan fingerprint density at radius 2 is 1.46 bits per heavy atom. The normalized spacial score (nSPS) is 12.1. The van der Waals surface area contributed by atoms with Crippen LogP contribution in [0.5, 0.6) is 5.75 Å². The van der Waals surface area contributed by atoms with E-state index < -0.39 is 0 Å². The molecule has 24 heavy (non-hydrogen) atoms. The summed E-state index contributed by atoms with van der Waals surface area (Å²) < 4.78 is 6.09. The highest BCUT2D eigenvalue weighted by Gasteiger charge is 2.16. The minimum atomic E-state index is -0.222. The maximum Gasteiger partial charge on any atom is 0.121 e. The van der Waals surface area contributed by atoms with Crippen LogP contribution in [0.15, 0.2) is 43.0 Å². The van der Waals surface area contributed by atoms with Crippen molar-refractivity contribution in [3.63, 3.8) is 0 Å². The van der Waals surface area contributed by atoms with Gasteiger partial charge in [0.2, 0.25) is 0 Å². The highest BCUT2D eigenvalue weighted by molar-refractivity contribution is 5.71. The van der Waals surface area contributed by atoms with Gasteiger partial charge in [-0.25, -0.2) is 0 Å². The zero-order chi connectivity index (χ0) is 18.1. The van der Waals surface area contributed by atoms with Crippen molar-refractivity contribution >= 4 is 6.08 Å². The molecular weight excluding hydrogens is 292 g/mol. The minimum Gasteiger partial charge on any atom is -0.488 e. The largest absolute Gasteiger partial charge is 0.488 e. The van der Waals surface area contributed by atoms with Crippen LogP contribution in [0.2, 0.25) is 0 Å². The molecule has 128 valence electrons. The lowest BCUT2D eigenvalue weighted by Gasteiger charge is -2.23. The SMILES string of the molecule is C=Cc1cc(OC(C)(C)C)cc(-c2cc(C)cc(C(C)(C)C)c2)c1. The fraction of sp³-hybridized carbons (Fsp3) is 0.391. The summed E-state index contributed by atoms with van der Waals surface area (Å²) in [7, 11) is 0. The highest BCUT2D eigenvalue weighted by Crippen LogP contribution is 2.32. The van der Waals surface area contributed by atoms with Crippen molar-refractivity contribution in [3.8, 4) is 16.9 Å². The third-order valence-corrected chi connectivity index (χ3v) is 3.87. The number of aryl methyl sites for hydroxylation is 1. The second-order valence-corrected chi connectivity index (χ2v) is 8.55. The van der Waals surface area contributed by atoms with E-state index in [9.17, 15) is 0 Å². The molecule has 0 aliphatic heterocycles. The summed E-state index contributed by atoms with van der Waals surface area (Å²) in [5, 5.41) is 0. The van der Waals surface area contributed by atoms with Crippen LogP contribution in [0, 0.1) is 6.92 Å². The molecule has 1 nitrogen and oxygen atoms in total. The van der Waals surface area contributed by atoms with E-state index in [0.717, 1.165) is 11.3 Å². The monoisotopic (exact) mass is 322 g/mol. The second kappa shape index (κ2) is 6.47. The quantitative estimate of drug-likeness (QED) is 0.605. The molecule has 0 atom stereocenters. The van der Waals surface area contributed by atoms with Crippen molar-refractivity contribution in [1.82, 2.24) is 0 Å². The van der Waals surface area contributed by atoms with Crippen LogP contribution in [0.3, 0.4) is 0 Å². The lowest BCUT2D eigenvalue weighted by atomic mass is 9.84. The van der Waals surface area contributed by atoms with Gasteiger partial charge in [0.15, 0.2) is 0 Å². The van der Waals surface area contributed by atoms with Gasteiger partial charge in [-0.1, -0.05) is 57.2 Å². The Labute approximate surface area is 147 Å². The van der Waals surface area contributed by atoms with Gasteiger partial charge in [0.1, 0.15) is 11.4 Å². The molecule has 1 heteroatoms. The lowest BCUT2D eigenvalue weighted by molar-refractivity contribution is 0.131. The molecule has 0 aliphatic rings. The molecule has 2 rings (SSSR count). The first-order valence-electron chi connectivity index (χ1n) is 8.57. The summed E-state index contributed by atoms with van der Waals surface area (Å²) in [5.74, 6) is 0.883. The summed E-state index contributed by atoms with van der Waals surface area (Å²) in [6.45, 7) is 19.0. The van der Waals surface area contributed by atoms with E-state index in [1.807, 2.05) is 12.1 Å². The van der Waals surface area contributed by atoms with Crippen molar-refractivity contribution in [1.29, 1.82) is 0 Å². The van der Waals surface area contributed by atoms with E-state index in [0.29, 0.717) is 0 Å². The third kappa shape index (κ3) is 4.74. The Balaban J connectivity index is 2.57. The summed E-state index contributed by atoms with van der Waals surface area (Å²) in [4.78, 5) is 0. The van der Waals surface area contributed by atoms with Crippen LogP contribution in [0.1, 0.15) is 58.2 Å². The Morgan fingerprint density at radius 1 is 0.833 bits per heavy atom. The van der Waals surface area contributed by atoms with E-state index in [1.165, 1.54) is 22.3 Å². The summed E-state index contributed by atoms with van der Waals surface area (Å²) >= 11 is 0. The molecule has 0 spiro atoms. The molecule has 2 aromatic rings. The molecule has 0 aliphatic carbocycles. The van der Waals surface area contributed by atoms with Crippen molar-refractivity contribution in [3.05, 3.63) is 59.7 Å². The average Bonchev–Trinajstić information content (AvgIpc) is 2.43. The van der Waals surface area contributed by atoms with Crippen molar-refractivity contribution < 1.29 is 4.74 Å². The van der Waals surface area contributed by atoms with Crippen LogP contribution in [0.25, 0.3) is 17.2 Å². The molecule has 0 saturated heterocycles. The van der Waals surface area contributed by atoms with Crippen LogP contribution in [-0.2, 0) is 5.41 Å². The van der Waals surface area contributed by atoms with Crippen LogP contribution >= 0.6 is 0 Å². The van der Waals surface area contributed by atoms with Crippen molar-refractivity contribution in [2.24, 2.45) is 0 Å². The highest BCUT2D eigenvalue weighted by atomic mass is 16.5. The van der Waals surface area contributed by atoms with E-state index in [1.54, 1.807) is 0 Å². The fourth-order valence-electron chi connectivity index (χ4n) is 2.70. The smallest absolute Gasteiger partial charge is 0.121 e. The summed E-state index contributed by atoms with van der Waals surface area (Å²) in [6, 6.07) is 13.1. The third-order valence-electron chi connectivity index (χ3n) is 3.87. The van der Waals surface area contributed by atoms with Gasteiger partial charge in [0.25, 0.3) is 0 Å². The van der Waals surface area contributed by atoms with Gasteiger partial charge < -0.3 is 4.74 Å². The number of ether oxygens (including phenoxy) is 1. The molecule has 0 unspecified atom stereocenters. The maximum absolute atomic E-state index is 6.09. The van der Waals surface area contributed by atoms with E-state index in [2.05, 4.69) is 85.4 Å². The molecule has 0 heterocycles. The Bertz CT molecular complexity index is 740. The van der Waals surface area contributed by atoms with Crippen LogP contribution < -0.4 is 4.74 Å². The topological polar surface area (TPSA) is 9.23 Å². The Kier molecular flexibility index (Phi) is 4.94. The minimum absolute atomic E-state index is 0.127. The summed E-state index contributed by atoms with van der Waals surface area (Å²) in [5.41, 5.74) is 6.00. The predicted molar refractivity (Wildman–Crippen MR) is 106 cm³/mol. The van der Waals surface area contributed by atoms with Gasteiger partial charge in [0, 0.05) is 0 Å². The zero-order valence-corrected chi connectivity index (χ0v) is 16.2. The van der Waals surface area contributed by atoms with Gasteiger partial charge >= 0.3 is 0 Å². The zero-order valence-electron chi connectivity index (χ0n) is 16.2. The molecule has 0 amide bonds. The van der Waals surface area contributed by atoms with Gasteiger partial charge in [-0.3, -0.25) is 0 Å².